The molecular weight excluding hydrogens is 392 g/mol. The van der Waals surface area contributed by atoms with E-state index in [1.807, 2.05) is 48.5 Å². The molecule has 0 atom stereocenters. The van der Waals surface area contributed by atoms with Gasteiger partial charge in [-0.25, -0.2) is 24.3 Å². The third kappa shape index (κ3) is 5.80. The molecule has 9 heteroatoms. The molecule has 0 radical (unpaired) electrons. The van der Waals surface area contributed by atoms with Crippen LogP contribution in [0.3, 0.4) is 0 Å². The van der Waals surface area contributed by atoms with Crippen molar-refractivity contribution in [3.8, 4) is 0 Å². The van der Waals surface area contributed by atoms with Crippen LogP contribution in [0.1, 0.15) is 0 Å². The molecule has 0 aliphatic carbocycles. The van der Waals surface area contributed by atoms with Crippen LogP contribution in [0.15, 0.2) is 48.5 Å². The summed E-state index contributed by atoms with van der Waals surface area (Å²) in [6, 6.07) is 15.5. The van der Waals surface area contributed by atoms with Gasteiger partial charge >= 0.3 is 39.3 Å². The average Bonchev–Trinajstić information content (AvgIpc) is 3.34. The van der Waals surface area contributed by atoms with Gasteiger partial charge in [-0.05, 0) is 0 Å². The van der Waals surface area contributed by atoms with Crippen LogP contribution < -0.4 is 10.4 Å². The van der Waals surface area contributed by atoms with Gasteiger partial charge in [-0.15, -0.1) is 0 Å². The van der Waals surface area contributed by atoms with Crippen LogP contribution in [-0.2, 0) is 48.3 Å². The maximum absolute atomic E-state index is 5.28. The van der Waals surface area contributed by atoms with Crippen LogP contribution in [0.5, 0.6) is 0 Å². The van der Waals surface area contributed by atoms with Gasteiger partial charge in [-0.1, -0.05) is 10.4 Å². The van der Waals surface area contributed by atoms with Crippen molar-refractivity contribution in [2.45, 2.75) is 0 Å². The van der Waals surface area contributed by atoms with E-state index in [1.165, 1.54) is 0 Å². The van der Waals surface area contributed by atoms with Crippen molar-refractivity contribution in [2.75, 3.05) is 42.7 Å². The predicted molar refractivity (Wildman–Crippen MR) is 96.9 cm³/mol. The number of hydrogen-bond donors (Lipinski definition) is 0. The normalized spacial score (nSPS) is 11.4. The van der Waals surface area contributed by atoms with Crippen molar-refractivity contribution < 1.29 is 48.3 Å². The molecule has 138 valence electrons. The maximum atomic E-state index is 5.28. The fraction of sp³-hybridized carbons (Fsp3) is 0.375. The van der Waals surface area contributed by atoms with Crippen LogP contribution in [0.2, 0.25) is 0 Å². The summed E-state index contributed by atoms with van der Waals surface area (Å²) in [5.74, 6) is 0. The molecule has 0 aliphatic heterocycles. The van der Waals surface area contributed by atoms with Gasteiger partial charge in [0.05, 0.1) is 0 Å². The maximum Gasteiger partial charge on any atom is 2.00 e. The zero-order valence-electron chi connectivity index (χ0n) is 15.6. The molecule has 0 unspecified atom stereocenters. The zero-order valence-corrected chi connectivity index (χ0v) is 19.1. The first-order chi connectivity index (χ1) is 11.6. The van der Waals surface area contributed by atoms with E-state index in [2.05, 4.69) is 0 Å². The fourth-order valence-electron chi connectivity index (χ4n) is 2.36. The van der Waals surface area contributed by atoms with E-state index in [0.717, 1.165) is 10.4 Å². The minimum absolute atomic E-state index is 0. The molecule has 0 heterocycles. The summed E-state index contributed by atoms with van der Waals surface area (Å²) in [6.45, 7) is 0. The summed E-state index contributed by atoms with van der Waals surface area (Å²) in [5.41, 5.74) is 0. The first kappa shape index (κ1) is 24.6. The minimum atomic E-state index is -2.54. The van der Waals surface area contributed by atoms with Crippen LogP contribution in [0.4, 0.5) is 0 Å². The Bertz CT molecular complexity index is 472. The van der Waals surface area contributed by atoms with Gasteiger partial charge in [0.1, 0.15) is 0 Å². The third-order valence-electron chi connectivity index (χ3n) is 3.64. The van der Waals surface area contributed by atoms with Crippen molar-refractivity contribution in [1.29, 1.82) is 0 Å². The second kappa shape index (κ2) is 12.1. The summed E-state index contributed by atoms with van der Waals surface area (Å²) >= 11 is 0. The molecule has 0 fully saturated rings. The largest absolute Gasteiger partial charge is 2.00 e. The van der Waals surface area contributed by atoms with Crippen molar-refractivity contribution >= 4 is 28.0 Å². The molecule has 0 bridgehead atoms. The van der Waals surface area contributed by atoms with E-state index in [-0.39, 0.29) is 21.7 Å². The van der Waals surface area contributed by atoms with E-state index in [0.29, 0.717) is 0 Å². The van der Waals surface area contributed by atoms with Gasteiger partial charge in [0, 0.05) is 42.7 Å². The minimum Gasteiger partial charge on any atom is -0.382 e. The molecule has 6 nitrogen and oxygen atoms in total. The van der Waals surface area contributed by atoms with E-state index >= 15 is 0 Å². The Morgan fingerprint density at radius 1 is 0.480 bits per heavy atom. The molecule has 0 aliphatic rings. The molecule has 2 aromatic rings. The van der Waals surface area contributed by atoms with Gasteiger partial charge in [-0.2, -0.15) is 24.3 Å². The summed E-state index contributed by atoms with van der Waals surface area (Å²) < 4.78 is 31.7. The molecule has 0 amide bonds. The average molecular weight is 418 g/mol. The number of hydrogen-bond acceptors (Lipinski definition) is 6. The molecule has 0 aromatic heterocycles. The SMILES string of the molecule is CO[Si](OC)(OC)[c-]1cccc1.CO[Si](OC)(OC)[c-]1cccc1.[Ti+2]. The Hall–Kier alpha value is -0.392. The Morgan fingerprint density at radius 2 is 0.680 bits per heavy atom. The van der Waals surface area contributed by atoms with E-state index in [1.54, 1.807) is 42.7 Å². The standard InChI is InChI=1S/2C8H13O3Si.Ti/c2*1-9-12(10-2,11-3)8-6-4-5-7-8;/h2*4-7H,1-3H3;/q2*-1;+2. The fourth-order valence-corrected chi connectivity index (χ4v) is 5.98. The molecule has 0 saturated heterocycles. The summed E-state index contributed by atoms with van der Waals surface area (Å²) in [4.78, 5) is 0. The van der Waals surface area contributed by atoms with Gasteiger partial charge in [-0.3, -0.25) is 0 Å². The van der Waals surface area contributed by atoms with Gasteiger partial charge in [0.15, 0.2) is 0 Å². The van der Waals surface area contributed by atoms with Crippen molar-refractivity contribution in [3.63, 3.8) is 0 Å². The Morgan fingerprint density at radius 3 is 0.840 bits per heavy atom. The number of rotatable bonds is 8. The summed E-state index contributed by atoms with van der Waals surface area (Å²) in [5, 5.41) is 1.99. The van der Waals surface area contributed by atoms with Crippen LogP contribution >= 0.6 is 0 Å². The molecule has 0 spiro atoms. The van der Waals surface area contributed by atoms with Gasteiger partial charge < -0.3 is 26.6 Å². The Labute approximate surface area is 167 Å². The monoisotopic (exact) mass is 418 g/mol. The van der Waals surface area contributed by atoms with Crippen LogP contribution in [-0.4, -0.2) is 60.3 Å². The van der Waals surface area contributed by atoms with E-state index in [4.69, 9.17) is 26.6 Å². The zero-order chi connectivity index (χ0) is 18.1. The smallest absolute Gasteiger partial charge is 0.382 e. The summed E-state index contributed by atoms with van der Waals surface area (Å²) in [7, 11) is 4.54. The van der Waals surface area contributed by atoms with Gasteiger partial charge in [0.25, 0.3) is 0 Å². The first-order valence-corrected chi connectivity index (χ1v) is 10.8. The summed E-state index contributed by atoms with van der Waals surface area (Å²) in [6.07, 6.45) is 0. The molecule has 0 saturated carbocycles. The predicted octanol–water partition coefficient (Wildman–Crippen LogP) is 0.979. The van der Waals surface area contributed by atoms with E-state index < -0.39 is 17.6 Å². The molecule has 25 heavy (non-hydrogen) atoms. The van der Waals surface area contributed by atoms with Crippen LogP contribution in [0.25, 0.3) is 0 Å². The quantitative estimate of drug-likeness (QED) is 0.471. The van der Waals surface area contributed by atoms with E-state index in [9.17, 15) is 0 Å². The topological polar surface area (TPSA) is 55.4 Å². The molecule has 2 aromatic carbocycles. The molecular formula is C16H26O6Si2Ti. The Kier molecular flexibility index (Phi) is 11.9. The van der Waals surface area contributed by atoms with Gasteiger partial charge in [0.2, 0.25) is 0 Å². The van der Waals surface area contributed by atoms with Crippen molar-refractivity contribution in [3.05, 3.63) is 48.5 Å². The second-order valence-corrected chi connectivity index (χ2v) is 10.5. The second-order valence-electron chi connectivity index (χ2n) is 4.68. The first-order valence-electron chi connectivity index (χ1n) is 7.33. The van der Waals surface area contributed by atoms with Crippen molar-refractivity contribution in [1.82, 2.24) is 0 Å². The Balaban J connectivity index is 0.000000443. The molecule has 2 rings (SSSR count). The molecule has 0 N–H and O–H groups in total. The van der Waals surface area contributed by atoms with Crippen LogP contribution in [0, 0.1) is 0 Å². The van der Waals surface area contributed by atoms with Crippen molar-refractivity contribution in [2.24, 2.45) is 0 Å². The third-order valence-corrected chi connectivity index (χ3v) is 8.95.